The predicted octanol–water partition coefficient (Wildman–Crippen LogP) is 2.08. The average Bonchev–Trinajstić information content (AvgIpc) is 2.14. The molecule has 0 saturated heterocycles. The van der Waals surface area contributed by atoms with E-state index in [1.165, 1.54) is 26.5 Å². The highest BCUT2D eigenvalue weighted by atomic mass is 19.1. The first-order chi connectivity index (χ1) is 7.29. The van der Waals surface area contributed by atoms with Gasteiger partial charge in [0.15, 0.2) is 0 Å². The fourth-order valence-corrected chi connectivity index (χ4v) is 1.03. The zero-order valence-corrected chi connectivity index (χ0v) is 8.90. The van der Waals surface area contributed by atoms with Gasteiger partial charge < -0.3 is 10.4 Å². The number of nitrogens with zero attached hydrogens (tertiary/aromatic N) is 1. The van der Waals surface area contributed by atoms with Crippen LogP contribution < -0.4 is 5.32 Å². The molecule has 0 heterocycles. The monoisotopic (exact) mass is 227 g/mol. The van der Waals surface area contributed by atoms with Crippen LogP contribution in [-0.4, -0.2) is 15.6 Å². The first-order valence-corrected chi connectivity index (χ1v) is 4.57. The summed E-state index contributed by atoms with van der Waals surface area (Å²) in [6, 6.07) is 3.17. The minimum Gasteiger partial charge on any atom is -0.388 e. The van der Waals surface area contributed by atoms with Crippen LogP contribution in [-0.2, 0) is 0 Å². The van der Waals surface area contributed by atoms with Gasteiger partial charge in [-0.2, -0.15) is 0 Å². The van der Waals surface area contributed by atoms with Crippen LogP contribution in [0.3, 0.4) is 0 Å². The number of rotatable bonds is 4. The second kappa shape index (κ2) is 4.44. The molecule has 0 aliphatic rings. The molecule has 6 heteroatoms. The topological polar surface area (TPSA) is 75.4 Å². The van der Waals surface area contributed by atoms with Crippen molar-refractivity contribution in [3.8, 4) is 0 Å². The van der Waals surface area contributed by atoms with Crippen LogP contribution >= 0.6 is 0 Å². The molecule has 0 unspecified atom stereocenters. The molecule has 0 aliphatic heterocycles. The molecule has 0 bridgehead atoms. The summed E-state index contributed by atoms with van der Waals surface area (Å²) in [5.41, 5.74) is -1.36. The summed E-state index contributed by atoms with van der Waals surface area (Å²) in [4.78, 5) is 9.93. The maximum atomic E-state index is 12.8. The summed E-state index contributed by atoms with van der Waals surface area (Å²) in [5.74, 6) is -0.680. The van der Waals surface area contributed by atoms with Crippen molar-refractivity contribution < 1.29 is 14.4 Å². The van der Waals surface area contributed by atoms with E-state index in [1.54, 1.807) is 0 Å². The number of nitrogens with one attached hydrogen (secondary N) is 1. The van der Waals surface area contributed by atoms with Gasteiger partial charge >= 0.3 is 0 Å². The van der Waals surface area contributed by atoms with Gasteiger partial charge in [0.1, 0.15) is 11.5 Å². The van der Waals surface area contributed by atoms with Gasteiger partial charge in [0, 0.05) is 0 Å². The smallest absolute Gasteiger partial charge is 0.295 e. The second-order valence-corrected chi connectivity index (χ2v) is 3.86. The molecule has 0 atom stereocenters. The number of hydrogen-bond donors (Lipinski definition) is 2. The molecule has 16 heavy (non-hydrogen) atoms. The fourth-order valence-electron chi connectivity index (χ4n) is 1.03. The maximum absolute atomic E-state index is 12.8. The molecule has 0 aliphatic carbocycles. The lowest BCUT2D eigenvalue weighted by Crippen LogP contribution is -2.23. The maximum Gasteiger partial charge on any atom is 0.295 e. The number of nitro groups is 1. The Hall–Kier alpha value is -1.69. The third-order valence-corrected chi connectivity index (χ3v) is 1.74. The van der Waals surface area contributed by atoms with Crippen molar-refractivity contribution in [3.63, 3.8) is 0 Å². The third-order valence-electron chi connectivity index (χ3n) is 1.74. The Morgan fingerprint density at radius 1 is 1.56 bits per heavy atom. The highest BCUT2D eigenvalue weighted by Gasteiger charge is 2.18. The minimum absolute atomic E-state index is 0.133. The number of nitro benzene ring substituents is 1. The number of aliphatic hydroxyl groups is 1. The van der Waals surface area contributed by atoms with Gasteiger partial charge in [-0.15, -0.1) is 0 Å². The molecule has 0 amide bonds. The van der Waals surface area contributed by atoms with Gasteiger partial charge in [-0.05, 0) is 26.0 Å². The van der Waals surface area contributed by atoms with Crippen molar-refractivity contribution in [3.05, 3.63) is 40.7 Å². The van der Waals surface area contributed by atoms with Gasteiger partial charge in [0.05, 0.1) is 23.1 Å². The highest BCUT2D eigenvalue weighted by molar-refractivity contribution is 5.62. The van der Waals surface area contributed by atoms with E-state index in [4.69, 9.17) is 0 Å². The van der Waals surface area contributed by atoms with Gasteiger partial charge in [-0.3, -0.25) is 10.1 Å². The molecule has 1 aromatic rings. The van der Waals surface area contributed by atoms with E-state index < -0.39 is 16.3 Å². The third kappa shape index (κ3) is 3.47. The van der Waals surface area contributed by atoms with Gasteiger partial charge in [0.25, 0.3) is 5.69 Å². The standard InChI is InChI=1S/C10H12FN2O3/c1-10(2,14)6-12-8-4-3-7(11)5-9(8)13(15)16/h3-6,12,14H,1-2H3. The van der Waals surface area contributed by atoms with Crippen LogP contribution in [0, 0.1) is 22.5 Å². The van der Waals surface area contributed by atoms with Crippen molar-refractivity contribution in [2.45, 2.75) is 19.4 Å². The Labute approximate surface area is 92.1 Å². The molecule has 0 fully saturated rings. The summed E-state index contributed by atoms with van der Waals surface area (Å²) in [6.45, 7) is 4.30. The van der Waals surface area contributed by atoms with Gasteiger partial charge in [-0.25, -0.2) is 4.39 Å². The van der Waals surface area contributed by atoms with E-state index >= 15 is 0 Å². The van der Waals surface area contributed by atoms with Crippen molar-refractivity contribution in [2.75, 3.05) is 5.32 Å². The lowest BCUT2D eigenvalue weighted by Gasteiger charge is -2.17. The summed E-state index contributed by atoms with van der Waals surface area (Å²) < 4.78 is 12.8. The molecule has 0 aromatic heterocycles. The molecular formula is C10H12FN2O3. The highest BCUT2D eigenvalue weighted by Crippen LogP contribution is 2.26. The molecule has 0 saturated carbocycles. The quantitative estimate of drug-likeness (QED) is 0.610. The van der Waals surface area contributed by atoms with E-state index in [1.807, 2.05) is 0 Å². The summed E-state index contributed by atoms with van der Waals surface area (Å²) in [5, 5.41) is 22.6. The average molecular weight is 227 g/mol. The summed E-state index contributed by atoms with van der Waals surface area (Å²) in [6.07, 6.45) is 0. The summed E-state index contributed by atoms with van der Waals surface area (Å²) >= 11 is 0. The molecule has 1 aromatic carbocycles. The van der Waals surface area contributed by atoms with E-state index in [9.17, 15) is 19.6 Å². The van der Waals surface area contributed by atoms with Gasteiger partial charge in [-0.1, -0.05) is 0 Å². The first kappa shape index (κ1) is 12.4. The Morgan fingerprint density at radius 3 is 2.69 bits per heavy atom. The molecule has 87 valence electrons. The molecule has 1 radical (unpaired) electrons. The van der Waals surface area contributed by atoms with Crippen LogP contribution in [0.4, 0.5) is 15.8 Å². The Balaban J connectivity index is 2.91. The summed E-state index contributed by atoms with van der Waals surface area (Å²) in [7, 11) is 0. The molecule has 0 spiro atoms. The number of anilines is 1. The molecule has 2 N–H and O–H groups in total. The minimum atomic E-state index is -1.12. The van der Waals surface area contributed by atoms with Gasteiger partial charge in [0.2, 0.25) is 0 Å². The van der Waals surface area contributed by atoms with Crippen LogP contribution in [0.15, 0.2) is 18.2 Å². The zero-order chi connectivity index (χ0) is 12.3. The number of halogens is 1. The number of hydrogen-bond acceptors (Lipinski definition) is 4. The molecule has 5 nitrogen and oxygen atoms in total. The lowest BCUT2D eigenvalue weighted by molar-refractivity contribution is -0.384. The van der Waals surface area contributed by atoms with E-state index in [0.717, 1.165) is 12.1 Å². The molecule has 1 rings (SSSR count). The number of benzene rings is 1. The Kier molecular flexibility index (Phi) is 3.44. The van der Waals surface area contributed by atoms with Crippen molar-refractivity contribution in [2.24, 2.45) is 0 Å². The SMILES string of the molecule is CC(C)(O)[CH]Nc1ccc(F)cc1[N+](=O)[O-]. The Morgan fingerprint density at radius 2 is 2.19 bits per heavy atom. The van der Waals surface area contributed by atoms with E-state index in [-0.39, 0.29) is 11.4 Å². The Bertz CT molecular complexity index is 402. The van der Waals surface area contributed by atoms with Crippen molar-refractivity contribution in [1.82, 2.24) is 0 Å². The first-order valence-electron chi connectivity index (χ1n) is 4.57. The van der Waals surface area contributed by atoms with Crippen LogP contribution in [0.1, 0.15) is 13.8 Å². The van der Waals surface area contributed by atoms with Crippen molar-refractivity contribution >= 4 is 11.4 Å². The fraction of sp³-hybridized carbons (Fsp3) is 0.300. The van der Waals surface area contributed by atoms with Crippen LogP contribution in [0.25, 0.3) is 0 Å². The van der Waals surface area contributed by atoms with Crippen LogP contribution in [0.5, 0.6) is 0 Å². The normalized spacial score (nSPS) is 11.2. The molecular weight excluding hydrogens is 215 g/mol. The van der Waals surface area contributed by atoms with E-state index in [2.05, 4.69) is 5.32 Å². The lowest BCUT2D eigenvalue weighted by atomic mass is 10.1. The van der Waals surface area contributed by atoms with Crippen molar-refractivity contribution in [1.29, 1.82) is 0 Å². The largest absolute Gasteiger partial charge is 0.388 e. The van der Waals surface area contributed by atoms with E-state index in [0.29, 0.717) is 0 Å². The van der Waals surface area contributed by atoms with Crippen LogP contribution in [0.2, 0.25) is 0 Å². The predicted molar refractivity (Wildman–Crippen MR) is 57.3 cm³/mol. The second-order valence-electron chi connectivity index (χ2n) is 3.86. The zero-order valence-electron chi connectivity index (χ0n) is 8.90.